The van der Waals surface area contributed by atoms with Crippen molar-refractivity contribution in [3.05, 3.63) is 26.4 Å². The van der Waals surface area contributed by atoms with Crippen LogP contribution in [0.5, 0.6) is 5.88 Å². The molecule has 1 unspecified atom stereocenters. The van der Waals surface area contributed by atoms with Crippen LogP contribution in [0.4, 0.5) is 0 Å². The van der Waals surface area contributed by atoms with Gasteiger partial charge < -0.3 is 5.11 Å². The molecule has 0 aliphatic rings. The lowest BCUT2D eigenvalue weighted by molar-refractivity contribution is 0.447. The number of nitrogens with zero attached hydrogens (tertiary/aromatic N) is 1. The van der Waals surface area contributed by atoms with E-state index >= 15 is 0 Å². The highest BCUT2D eigenvalue weighted by molar-refractivity contribution is 5.81. The van der Waals surface area contributed by atoms with Gasteiger partial charge in [-0.3, -0.25) is 19.8 Å². The van der Waals surface area contributed by atoms with E-state index in [0.717, 1.165) is 6.42 Å². The Kier molecular flexibility index (Phi) is 3.43. The fourth-order valence-corrected chi connectivity index (χ4v) is 0.911. The lowest BCUT2D eigenvalue weighted by Gasteiger charge is -2.00. The van der Waals surface area contributed by atoms with E-state index in [2.05, 4.69) is 9.98 Å². The van der Waals surface area contributed by atoms with E-state index in [0.29, 0.717) is 0 Å². The van der Waals surface area contributed by atoms with Crippen LogP contribution in [0.2, 0.25) is 0 Å². The zero-order valence-electron chi connectivity index (χ0n) is 8.57. The van der Waals surface area contributed by atoms with Crippen molar-refractivity contribution in [3.8, 4) is 5.88 Å². The summed E-state index contributed by atoms with van der Waals surface area (Å²) in [6, 6.07) is 0.0655. The molecule has 82 valence electrons. The summed E-state index contributed by atoms with van der Waals surface area (Å²) in [6.07, 6.45) is 2.09. The molecule has 1 atom stereocenters. The van der Waals surface area contributed by atoms with Gasteiger partial charge in [0, 0.05) is 12.3 Å². The predicted molar refractivity (Wildman–Crippen MR) is 56.7 cm³/mol. The number of aromatic amines is 2. The maximum absolute atomic E-state index is 11.2. The molecule has 0 aliphatic heterocycles. The number of hydrogen-bond donors (Lipinski definition) is 3. The molecule has 6 nitrogen and oxygen atoms in total. The molecule has 15 heavy (non-hydrogen) atoms. The molecule has 1 aromatic rings. The fourth-order valence-electron chi connectivity index (χ4n) is 0.911. The minimum Gasteiger partial charge on any atom is -0.494 e. The molecule has 0 aliphatic carbocycles. The van der Waals surface area contributed by atoms with Gasteiger partial charge in [0.05, 0.1) is 0 Å². The summed E-state index contributed by atoms with van der Waals surface area (Å²) < 4.78 is 0. The highest BCUT2D eigenvalue weighted by atomic mass is 16.3. The molecule has 3 N–H and O–H groups in total. The molecule has 0 saturated heterocycles. The Bertz CT molecular complexity index is 472. The average molecular weight is 211 g/mol. The molecule has 0 saturated carbocycles. The molecule has 0 aromatic carbocycles. The van der Waals surface area contributed by atoms with Crippen molar-refractivity contribution in [1.29, 1.82) is 0 Å². The van der Waals surface area contributed by atoms with Gasteiger partial charge in [0.1, 0.15) is 5.56 Å². The Morgan fingerprint density at radius 3 is 2.67 bits per heavy atom. The van der Waals surface area contributed by atoms with E-state index in [1.54, 1.807) is 0 Å². The minimum absolute atomic E-state index is 0.0325. The van der Waals surface area contributed by atoms with Crippen LogP contribution in [0, 0.1) is 0 Å². The maximum Gasteiger partial charge on any atom is 0.328 e. The third-order valence-electron chi connectivity index (χ3n) is 2.01. The normalized spacial score (nSPS) is 13.2. The lowest BCUT2D eigenvalue weighted by atomic mass is 10.3. The van der Waals surface area contributed by atoms with Gasteiger partial charge in [-0.2, -0.15) is 0 Å². The maximum atomic E-state index is 11.2. The van der Waals surface area contributed by atoms with Crippen LogP contribution >= 0.6 is 0 Å². The first-order valence-electron chi connectivity index (χ1n) is 4.63. The van der Waals surface area contributed by atoms with Crippen LogP contribution in [0.25, 0.3) is 0 Å². The van der Waals surface area contributed by atoms with Crippen molar-refractivity contribution in [2.75, 3.05) is 0 Å². The number of hydrogen-bond acceptors (Lipinski definition) is 4. The van der Waals surface area contributed by atoms with Crippen LogP contribution in [-0.2, 0) is 0 Å². The zero-order chi connectivity index (χ0) is 11.4. The summed E-state index contributed by atoms with van der Waals surface area (Å²) in [5.41, 5.74) is -1.42. The van der Waals surface area contributed by atoms with Crippen molar-refractivity contribution < 1.29 is 5.11 Å². The fraction of sp³-hybridized carbons (Fsp3) is 0.444. The largest absolute Gasteiger partial charge is 0.494 e. The minimum atomic E-state index is -0.738. The van der Waals surface area contributed by atoms with Crippen molar-refractivity contribution >= 4 is 6.21 Å². The highest BCUT2D eigenvalue weighted by Gasteiger charge is 2.05. The molecule has 1 aromatic heterocycles. The molecular weight excluding hydrogens is 198 g/mol. The van der Waals surface area contributed by atoms with E-state index in [9.17, 15) is 14.7 Å². The topological polar surface area (TPSA) is 98.3 Å². The number of aliphatic imine (C=N–C) groups is 1. The molecule has 1 rings (SSSR count). The van der Waals surface area contributed by atoms with Gasteiger partial charge in [0.15, 0.2) is 0 Å². The van der Waals surface area contributed by atoms with Crippen LogP contribution in [-0.4, -0.2) is 27.3 Å². The van der Waals surface area contributed by atoms with Gasteiger partial charge in [0.2, 0.25) is 5.88 Å². The molecule has 6 heteroatoms. The molecule has 0 spiro atoms. The van der Waals surface area contributed by atoms with Gasteiger partial charge >= 0.3 is 5.69 Å². The smallest absolute Gasteiger partial charge is 0.328 e. The second-order valence-corrected chi connectivity index (χ2v) is 3.21. The number of H-pyrrole nitrogens is 2. The zero-order valence-corrected chi connectivity index (χ0v) is 8.57. The predicted octanol–water partition coefficient (Wildman–Crippen LogP) is -0.0138. The monoisotopic (exact) mass is 211 g/mol. The quantitative estimate of drug-likeness (QED) is 0.613. The van der Waals surface area contributed by atoms with Crippen LogP contribution in [0.1, 0.15) is 25.8 Å². The third-order valence-corrected chi connectivity index (χ3v) is 2.01. The first kappa shape index (κ1) is 11.2. The van der Waals surface area contributed by atoms with Gasteiger partial charge in [-0.25, -0.2) is 4.79 Å². The summed E-state index contributed by atoms with van der Waals surface area (Å²) in [7, 11) is 0. The Morgan fingerprint density at radius 1 is 1.47 bits per heavy atom. The van der Waals surface area contributed by atoms with Crippen molar-refractivity contribution in [2.45, 2.75) is 26.3 Å². The lowest BCUT2D eigenvalue weighted by Crippen LogP contribution is -2.25. The first-order chi connectivity index (χ1) is 7.04. The Balaban J connectivity index is 3.11. The molecule has 0 radical (unpaired) electrons. The summed E-state index contributed by atoms with van der Waals surface area (Å²) in [5.74, 6) is -0.462. The Labute approximate surface area is 85.7 Å². The third kappa shape index (κ3) is 2.80. The second-order valence-electron chi connectivity index (χ2n) is 3.21. The summed E-state index contributed by atoms with van der Waals surface area (Å²) >= 11 is 0. The van der Waals surface area contributed by atoms with Gasteiger partial charge in [-0.05, 0) is 13.3 Å². The number of rotatable bonds is 3. The van der Waals surface area contributed by atoms with E-state index in [4.69, 9.17) is 0 Å². The number of aromatic nitrogens is 2. The Morgan fingerprint density at radius 2 is 2.13 bits per heavy atom. The van der Waals surface area contributed by atoms with Crippen molar-refractivity contribution in [2.24, 2.45) is 4.99 Å². The summed E-state index contributed by atoms with van der Waals surface area (Å²) in [6.45, 7) is 3.84. The average Bonchev–Trinajstić information content (AvgIpc) is 2.15. The van der Waals surface area contributed by atoms with Crippen molar-refractivity contribution in [1.82, 2.24) is 9.97 Å². The van der Waals surface area contributed by atoms with Crippen LogP contribution in [0.15, 0.2) is 14.6 Å². The second kappa shape index (κ2) is 4.59. The van der Waals surface area contributed by atoms with Crippen molar-refractivity contribution in [3.63, 3.8) is 0 Å². The van der Waals surface area contributed by atoms with E-state index in [1.807, 2.05) is 18.8 Å². The molecule has 0 amide bonds. The standard InChI is InChI=1S/C9H13N3O3/c1-3-5(2)10-4-6-7(13)11-9(15)12-8(6)14/h4-5H,3H2,1-2H3,(H3,11,12,13,14,15). The molecule has 0 bridgehead atoms. The van der Waals surface area contributed by atoms with E-state index < -0.39 is 17.1 Å². The van der Waals surface area contributed by atoms with Crippen LogP contribution in [0.3, 0.4) is 0 Å². The first-order valence-corrected chi connectivity index (χ1v) is 4.63. The van der Waals surface area contributed by atoms with Gasteiger partial charge in [-0.1, -0.05) is 6.92 Å². The Hall–Kier alpha value is -1.85. The van der Waals surface area contributed by atoms with Gasteiger partial charge in [-0.15, -0.1) is 0 Å². The highest BCUT2D eigenvalue weighted by Crippen LogP contribution is 2.02. The molecule has 0 fully saturated rings. The SMILES string of the molecule is CCC(C)N=Cc1c(O)[nH]c(=O)[nH]c1=O. The van der Waals surface area contributed by atoms with E-state index in [-0.39, 0.29) is 11.6 Å². The van der Waals surface area contributed by atoms with Gasteiger partial charge in [0.25, 0.3) is 5.56 Å². The molecule has 1 heterocycles. The number of nitrogens with one attached hydrogen (secondary N) is 2. The van der Waals surface area contributed by atoms with Crippen LogP contribution < -0.4 is 11.2 Å². The van der Waals surface area contributed by atoms with E-state index in [1.165, 1.54) is 6.21 Å². The number of aromatic hydroxyl groups is 1. The summed E-state index contributed by atoms with van der Waals surface area (Å²) in [4.78, 5) is 30.1. The summed E-state index contributed by atoms with van der Waals surface area (Å²) in [5, 5.41) is 9.29. The molecular formula is C9H13N3O3.